The number of ether oxygens (including phenoxy) is 7. The number of hydrogen-bond donors (Lipinski definition) is 15. The second-order valence-electron chi connectivity index (χ2n) is 14.1. The van der Waals surface area contributed by atoms with Gasteiger partial charge >= 0.3 is 0 Å². The summed E-state index contributed by atoms with van der Waals surface area (Å²) in [5.74, 6) is -3.54. The Morgan fingerprint density at radius 3 is 1.80 bits per heavy atom. The molecule has 0 aliphatic carbocycles. The highest BCUT2D eigenvalue weighted by Crippen LogP contribution is 2.39. The molecule has 4 rings (SSSR count). The zero-order valence-corrected chi connectivity index (χ0v) is 30.1. The summed E-state index contributed by atoms with van der Waals surface area (Å²) in [5.41, 5.74) is 0. The van der Waals surface area contributed by atoms with E-state index in [4.69, 9.17) is 33.2 Å². The van der Waals surface area contributed by atoms with Gasteiger partial charge in [0.1, 0.15) is 91.5 Å². The van der Waals surface area contributed by atoms with Crippen molar-refractivity contribution >= 4 is 11.8 Å². The maximum absolute atomic E-state index is 12.1. The quantitative estimate of drug-likeness (QED) is 0.0775. The lowest BCUT2D eigenvalue weighted by Gasteiger charge is -2.52. The number of carbonyl (C=O) groups is 2. The van der Waals surface area contributed by atoms with Crippen molar-refractivity contribution in [2.75, 3.05) is 26.4 Å². The number of nitrogens with one attached hydrogen (secondary N) is 2. The topological polar surface area (TPSA) is 386 Å². The molecule has 24 nitrogen and oxygen atoms in total. The number of amides is 2. The van der Waals surface area contributed by atoms with E-state index in [0.29, 0.717) is 0 Å². The number of aliphatic hydroxyl groups excluding tert-OH is 13. The molecule has 55 heavy (non-hydrogen) atoms. The van der Waals surface area contributed by atoms with Gasteiger partial charge in [-0.05, 0) is 6.92 Å². The molecule has 0 aromatic heterocycles. The van der Waals surface area contributed by atoms with Crippen LogP contribution in [0.5, 0.6) is 0 Å². The maximum atomic E-state index is 12.1. The molecule has 0 radical (unpaired) electrons. The number of hydrogen-bond acceptors (Lipinski definition) is 22. The molecule has 24 heteroatoms. The van der Waals surface area contributed by atoms with Gasteiger partial charge in [-0.1, -0.05) is 0 Å². The Bertz CT molecular complexity index is 1250. The first-order chi connectivity index (χ1) is 25.8. The fourth-order valence-corrected chi connectivity index (χ4v) is 7.10. The highest BCUT2D eigenvalue weighted by atomic mass is 16.8. The van der Waals surface area contributed by atoms with Crippen molar-refractivity contribution in [2.45, 2.75) is 155 Å². The highest BCUT2D eigenvalue weighted by Gasteiger charge is 2.58. The fraction of sp³-hybridized carbons (Fsp3) is 0.935. The van der Waals surface area contributed by atoms with Gasteiger partial charge in [0.2, 0.25) is 11.8 Å². The van der Waals surface area contributed by atoms with Crippen molar-refractivity contribution in [2.24, 2.45) is 0 Å². The molecule has 320 valence electrons. The van der Waals surface area contributed by atoms with E-state index in [1.165, 1.54) is 6.92 Å². The monoisotopic (exact) mass is 806 g/mol. The predicted molar refractivity (Wildman–Crippen MR) is 172 cm³/mol. The summed E-state index contributed by atoms with van der Waals surface area (Å²) in [7, 11) is 0. The Morgan fingerprint density at radius 2 is 1.24 bits per heavy atom. The molecule has 4 fully saturated rings. The number of carbonyl (C=O) groups excluding carboxylic acids is 2. The number of aliphatic hydroxyl groups is 13. The Morgan fingerprint density at radius 1 is 0.691 bits per heavy atom. The van der Waals surface area contributed by atoms with Crippen molar-refractivity contribution in [3.8, 4) is 0 Å². The molecule has 0 aromatic carbocycles. The van der Waals surface area contributed by atoms with Crippen LogP contribution >= 0.6 is 0 Å². The standard InChI is InChI=1S/C31H54N2O22/c1-9(38)32-16-11(40)4-31(3,54-26(16)18(42)12(41)5-34)55-27-23(47)30(52-24-14(7-36)49-28(48)22(46)21(24)45)51-15(8-37)25(27)53-29-17(33-10(2)39)20(44)19(43)13(6-35)50-29/h11-30,34-37,40-48H,4-8H2,1-3H3,(H,32,38)(H,33,39)/t11?,12-,13?,14?,15?,16-,17?,18?,19+,20-,21-,22?,23?,24-,25+,26?,27-,28-,29+,30+,31-/m1/s1. The van der Waals surface area contributed by atoms with Crippen LogP contribution in [0.3, 0.4) is 0 Å². The summed E-state index contributed by atoms with van der Waals surface area (Å²) >= 11 is 0. The Hall–Kier alpha value is -1.86. The molecule has 21 atom stereocenters. The van der Waals surface area contributed by atoms with Crippen LogP contribution in [0.1, 0.15) is 27.2 Å². The molecule has 0 aromatic rings. The maximum Gasteiger partial charge on any atom is 0.217 e. The van der Waals surface area contributed by atoms with Crippen LogP contribution in [0.15, 0.2) is 0 Å². The third kappa shape index (κ3) is 10.2. The molecule has 0 saturated carbocycles. The third-order valence-electron chi connectivity index (χ3n) is 9.87. The lowest BCUT2D eigenvalue weighted by molar-refractivity contribution is -0.402. The van der Waals surface area contributed by atoms with E-state index in [-0.39, 0.29) is 0 Å². The molecule has 0 spiro atoms. The molecule has 4 aliphatic heterocycles. The Kier molecular flexibility index (Phi) is 16.1. The van der Waals surface area contributed by atoms with Gasteiger partial charge < -0.3 is 110 Å². The van der Waals surface area contributed by atoms with Crippen molar-refractivity contribution < 1.29 is 109 Å². The van der Waals surface area contributed by atoms with Gasteiger partial charge in [0, 0.05) is 20.3 Å². The first-order valence-electron chi connectivity index (χ1n) is 17.5. The lowest BCUT2D eigenvalue weighted by atomic mass is 9.88. The van der Waals surface area contributed by atoms with Crippen LogP contribution in [-0.2, 0) is 42.7 Å². The third-order valence-corrected chi connectivity index (χ3v) is 9.87. The minimum atomic E-state index is -2.14. The first kappa shape index (κ1) is 45.8. The molecule has 15 N–H and O–H groups in total. The van der Waals surface area contributed by atoms with Gasteiger partial charge in [-0.25, -0.2) is 0 Å². The molecular formula is C31H54N2O22. The molecule has 4 heterocycles. The summed E-state index contributed by atoms with van der Waals surface area (Å²) in [6.45, 7) is -0.295. The van der Waals surface area contributed by atoms with E-state index in [1.54, 1.807) is 0 Å². The van der Waals surface area contributed by atoms with Gasteiger partial charge in [-0.15, -0.1) is 0 Å². The van der Waals surface area contributed by atoms with Crippen molar-refractivity contribution in [1.29, 1.82) is 0 Å². The van der Waals surface area contributed by atoms with E-state index < -0.39 is 173 Å². The van der Waals surface area contributed by atoms with E-state index in [1.807, 2.05) is 0 Å². The van der Waals surface area contributed by atoms with Crippen LogP contribution in [0.2, 0.25) is 0 Å². The summed E-state index contributed by atoms with van der Waals surface area (Å²) < 4.78 is 40.7. The zero-order chi connectivity index (χ0) is 41.1. The van der Waals surface area contributed by atoms with Crippen LogP contribution in [0.25, 0.3) is 0 Å². The van der Waals surface area contributed by atoms with E-state index in [9.17, 15) is 76.0 Å². The van der Waals surface area contributed by atoms with E-state index in [0.717, 1.165) is 13.8 Å². The smallest absolute Gasteiger partial charge is 0.217 e. The molecule has 0 bridgehead atoms. The van der Waals surface area contributed by atoms with Gasteiger partial charge in [-0.2, -0.15) is 0 Å². The minimum absolute atomic E-state index is 0.541. The fourth-order valence-electron chi connectivity index (χ4n) is 7.10. The average Bonchev–Trinajstić information content (AvgIpc) is 3.13. The summed E-state index contributed by atoms with van der Waals surface area (Å²) in [6, 6.07) is -2.95. The molecule has 4 aliphatic rings. The zero-order valence-electron chi connectivity index (χ0n) is 30.1. The van der Waals surface area contributed by atoms with Gasteiger partial charge in [0.15, 0.2) is 24.7 Å². The second kappa shape index (κ2) is 19.3. The second-order valence-corrected chi connectivity index (χ2v) is 14.1. The van der Waals surface area contributed by atoms with E-state index >= 15 is 0 Å². The minimum Gasteiger partial charge on any atom is -0.394 e. The van der Waals surface area contributed by atoms with E-state index in [2.05, 4.69) is 10.6 Å². The largest absolute Gasteiger partial charge is 0.394 e. The summed E-state index contributed by atoms with van der Waals surface area (Å²) in [4.78, 5) is 24.1. The Balaban J connectivity index is 1.75. The van der Waals surface area contributed by atoms with Gasteiger partial charge in [0.25, 0.3) is 0 Å². The molecular weight excluding hydrogens is 752 g/mol. The summed E-state index contributed by atoms with van der Waals surface area (Å²) in [5, 5.41) is 141. The molecule has 2 amide bonds. The lowest BCUT2D eigenvalue weighted by Crippen LogP contribution is -2.70. The van der Waals surface area contributed by atoms with Gasteiger partial charge in [0.05, 0.1) is 38.6 Å². The van der Waals surface area contributed by atoms with Gasteiger partial charge in [-0.3, -0.25) is 9.59 Å². The van der Waals surface area contributed by atoms with Crippen molar-refractivity contribution in [3.05, 3.63) is 0 Å². The summed E-state index contributed by atoms with van der Waals surface area (Å²) in [6.07, 6.45) is -33.0. The predicted octanol–water partition coefficient (Wildman–Crippen LogP) is -9.32. The highest BCUT2D eigenvalue weighted by molar-refractivity contribution is 5.73. The van der Waals surface area contributed by atoms with Crippen LogP contribution < -0.4 is 10.6 Å². The average molecular weight is 807 g/mol. The van der Waals surface area contributed by atoms with Crippen molar-refractivity contribution in [3.63, 3.8) is 0 Å². The SMILES string of the molecule is CC(=O)NC1[C@H](O[C@H]2C(CO)O[C@@H](O[C@@H]3C(CO)O[C@@H](O)C(O)[C@H]3O)C(O)[C@H]2O[C@]2(C)CC(O)[C@@H](NC(C)=O)C(C(O)[C@H](O)CO)O2)OC(CO)[C@H](O)[C@@H]1O. The molecule has 9 unspecified atom stereocenters. The van der Waals surface area contributed by atoms with Crippen LogP contribution in [0, 0.1) is 0 Å². The van der Waals surface area contributed by atoms with Crippen LogP contribution in [-0.4, -0.2) is 233 Å². The first-order valence-corrected chi connectivity index (χ1v) is 17.5. The Labute approximate surface area is 313 Å². The number of rotatable bonds is 14. The molecule has 4 saturated heterocycles. The normalized spacial score (nSPS) is 46.4. The van der Waals surface area contributed by atoms with Crippen molar-refractivity contribution in [1.82, 2.24) is 10.6 Å². The van der Waals surface area contributed by atoms with Crippen LogP contribution in [0.4, 0.5) is 0 Å².